The van der Waals surface area contributed by atoms with Gasteiger partial charge in [-0.2, -0.15) is 0 Å². The molecule has 0 atom stereocenters. The molecule has 1 aliphatic rings. The summed E-state index contributed by atoms with van der Waals surface area (Å²) in [6, 6.07) is 16.3. The summed E-state index contributed by atoms with van der Waals surface area (Å²) in [6.07, 6.45) is 0.729. The van der Waals surface area contributed by atoms with Crippen molar-refractivity contribution in [1.29, 1.82) is 0 Å². The molecule has 1 aliphatic heterocycles. The van der Waals surface area contributed by atoms with Gasteiger partial charge in [-0.1, -0.05) is 41.9 Å². The van der Waals surface area contributed by atoms with Gasteiger partial charge in [-0.15, -0.1) is 0 Å². The van der Waals surface area contributed by atoms with E-state index in [1.807, 2.05) is 30.3 Å². The maximum Gasteiger partial charge on any atom is 0.260 e. The van der Waals surface area contributed by atoms with Crippen molar-refractivity contribution in [3.05, 3.63) is 65.2 Å². The summed E-state index contributed by atoms with van der Waals surface area (Å²) >= 11 is 6.13. The summed E-state index contributed by atoms with van der Waals surface area (Å²) in [6.45, 7) is 2.20. The minimum Gasteiger partial charge on any atom is -0.484 e. The Morgan fingerprint density at radius 1 is 0.885 bits per heavy atom. The maximum atomic E-state index is 12.7. The van der Waals surface area contributed by atoms with E-state index in [0.29, 0.717) is 42.5 Å². The van der Waals surface area contributed by atoms with Gasteiger partial charge in [0.1, 0.15) is 5.75 Å². The third-order valence-corrected chi connectivity index (χ3v) is 4.68. The maximum absolute atomic E-state index is 12.7. The molecule has 26 heavy (non-hydrogen) atoms. The molecule has 0 saturated carbocycles. The first-order chi connectivity index (χ1) is 12.6. The Kier molecular flexibility index (Phi) is 6.12. The molecule has 1 saturated heterocycles. The van der Waals surface area contributed by atoms with Crippen molar-refractivity contribution in [3.63, 3.8) is 0 Å². The molecule has 0 radical (unpaired) electrons. The predicted octanol–water partition coefficient (Wildman–Crippen LogP) is 3.09. The molecular formula is C20H21ClN2O3. The smallest absolute Gasteiger partial charge is 0.260 e. The van der Waals surface area contributed by atoms with E-state index in [1.54, 1.807) is 34.1 Å². The molecule has 0 N–H and O–H groups in total. The van der Waals surface area contributed by atoms with Crippen LogP contribution in [0.5, 0.6) is 5.75 Å². The Balaban J connectivity index is 1.55. The molecule has 0 aliphatic carbocycles. The zero-order chi connectivity index (χ0) is 18.4. The molecule has 6 heteroatoms. The highest BCUT2D eigenvalue weighted by molar-refractivity contribution is 6.33. The van der Waals surface area contributed by atoms with Crippen LogP contribution in [-0.2, 0) is 4.79 Å². The topological polar surface area (TPSA) is 49.9 Å². The van der Waals surface area contributed by atoms with Crippen molar-refractivity contribution in [3.8, 4) is 5.75 Å². The highest BCUT2D eigenvalue weighted by Gasteiger charge is 2.24. The Labute approximate surface area is 158 Å². The van der Waals surface area contributed by atoms with Crippen LogP contribution < -0.4 is 4.74 Å². The van der Waals surface area contributed by atoms with Crippen LogP contribution >= 0.6 is 11.6 Å². The fourth-order valence-corrected chi connectivity index (χ4v) is 3.14. The number of ether oxygens (including phenoxy) is 1. The third-order valence-electron chi connectivity index (χ3n) is 4.35. The second-order valence-electron chi connectivity index (χ2n) is 6.11. The lowest BCUT2D eigenvalue weighted by Crippen LogP contribution is -2.39. The lowest BCUT2D eigenvalue weighted by Gasteiger charge is -2.22. The number of carbonyl (C=O) groups excluding carboxylic acids is 2. The van der Waals surface area contributed by atoms with E-state index in [4.69, 9.17) is 16.3 Å². The highest BCUT2D eigenvalue weighted by atomic mass is 35.5. The van der Waals surface area contributed by atoms with Crippen LogP contribution in [0.25, 0.3) is 0 Å². The van der Waals surface area contributed by atoms with Gasteiger partial charge in [-0.05, 0) is 30.7 Å². The summed E-state index contributed by atoms with van der Waals surface area (Å²) < 4.78 is 5.53. The van der Waals surface area contributed by atoms with E-state index >= 15 is 0 Å². The molecule has 1 fully saturated rings. The van der Waals surface area contributed by atoms with Crippen molar-refractivity contribution >= 4 is 23.4 Å². The summed E-state index contributed by atoms with van der Waals surface area (Å²) in [5.41, 5.74) is 0.501. The first-order valence-electron chi connectivity index (χ1n) is 8.64. The van der Waals surface area contributed by atoms with Crippen LogP contribution in [-0.4, -0.2) is 54.4 Å². The fraction of sp³-hybridized carbons (Fsp3) is 0.300. The van der Waals surface area contributed by atoms with Gasteiger partial charge >= 0.3 is 0 Å². The first kappa shape index (κ1) is 18.3. The summed E-state index contributed by atoms with van der Waals surface area (Å²) in [4.78, 5) is 28.6. The number of hydrogen-bond acceptors (Lipinski definition) is 3. The normalized spacial score (nSPS) is 14.7. The van der Waals surface area contributed by atoms with Crippen molar-refractivity contribution in [2.24, 2.45) is 0 Å². The zero-order valence-corrected chi connectivity index (χ0v) is 15.2. The molecule has 2 amide bonds. The number of rotatable bonds is 4. The van der Waals surface area contributed by atoms with Crippen LogP contribution in [0.4, 0.5) is 0 Å². The van der Waals surface area contributed by atoms with E-state index in [1.165, 1.54) is 0 Å². The minimum absolute atomic E-state index is 0.00245. The average Bonchev–Trinajstić information content (AvgIpc) is 2.93. The summed E-state index contributed by atoms with van der Waals surface area (Å²) in [5.74, 6) is 0.512. The highest BCUT2D eigenvalue weighted by Crippen LogP contribution is 2.18. The molecular weight excluding hydrogens is 352 g/mol. The Morgan fingerprint density at radius 3 is 2.31 bits per heavy atom. The van der Waals surface area contributed by atoms with E-state index in [-0.39, 0.29) is 18.4 Å². The molecule has 0 aromatic heterocycles. The van der Waals surface area contributed by atoms with E-state index < -0.39 is 0 Å². The van der Waals surface area contributed by atoms with Crippen LogP contribution in [0.2, 0.25) is 5.02 Å². The molecule has 0 spiro atoms. The molecule has 2 aromatic rings. The lowest BCUT2D eigenvalue weighted by molar-refractivity contribution is -0.133. The number of benzene rings is 2. The first-order valence-corrected chi connectivity index (χ1v) is 9.02. The summed E-state index contributed by atoms with van der Waals surface area (Å²) in [7, 11) is 0. The van der Waals surface area contributed by atoms with Gasteiger partial charge in [-0.3, -0.25) is 9.59 Å². The molecule has 3 rings (SSSR count). The minimum atomic E-state index is -0.0922. The second-order valence-corrected chi connectivity index (χ2v) is 6.52. The molecule has 5 nitrogen and oxygen atoms in total. The van der Waals surface area contributed by atoms with Crippen molar-refractivity contribution < 1.29 is 14.3 Å². The van der Waals surface area contributed by atoms with Crippen molar-refractivity contribution in [1.82, 2.24) is 9.80 Å². The number of halogens is 1. The van der Waals surface area contributed by atoms with Crippen LogP contribution in [0.3, 0.4) is 0 Å². The SMILES string of the molecule is O=C(COc1ccccc1)N1CCCN(C(=O)c2ccccc2Cl)CC1. The van der Waals surface area contributed by atoms with Gasteiger partial charge in [0, 0.05) is 26.2 Å². The molecule has 2 aromatic carbocycles. The molecule has 1 heterocycles. The predicted molar refractivity (Wildman–Crippen MR) is 100 cm³/mol. The lowest BCUT2D eigenvalue weighted by atomic mass is 10.2. The van der Waals surface area contributed by atoms with Gasteiger partial charge < -0.3 is 14.5 Å². The van der Waals surface area contributed by atoms with Gasteiger partial charge in [0.2, 0.25) is 0 Å². The number of para-hydroxylation sites is 1. The van der Waals surface area contributed by atoms with E-state index in [9.17, 15) is 9.59 Å². The van der Waals surface area contributed by atoms with Gasteiger partial charge in [0.15, 0.2) is 6.61 Å². The van der Waals surface area contributed by atoms with Crippen LogP contribution in [0.15, 0.2) is 54.6 Å². The standard InChI is InChI=1S/C20H21ClN2O3/c21-18-10-5-4-9-17(18)20(25)23-12-6-11-22(13-14-23)19(24)15-26-16-7-2-1-3-8-16/h1-5,7-10H,6,11-15H2. The van der Waals surface area contributed by atoms with Crippen molar-refractivity contribution in [2.45, 2.75) is 6.42 Å². The van der Waals surface area contributed by atoms with Gasteiger partial charge in [-0.25, -0.2) is 0 Å². The summed E-state index contributed by atoms with van der Waals surface area (Å²) in [5, 5.41) is 0.450. The quantitative estimate of drug-likeness (QED) is 0.828. The molecule has 0 unspecified atom stereocenters. The number of hydrogen-bond donors (Lipinski definition) is 0. The van der Waals surface area contributed by atoms with E-state index in [0.717, 1.165) is 6.42 Å². The largest absolute Gasteiger partial charge is 0.484 e. The van der Waals surface area contributed by atoms with Crippen LogP contribution in [0, 0.1) is 0 Å². The number of nitrogens with zero attached hydrogens (tertiary/aromatic N) is 2. The Hall–Kier alpha value is -2.53. The molecule has 136 valence electrons. The third kappa shape index (κ3) is 4.55. The van der Waals surface area contributed by atoms with Crippen LogP contribution in [0.1, 0.15) is 16.8 Å². The fourth-order valence-electron chi connectivity index (χ4n) is 2.93. The Bertz CT molecular complexity index is 767. The number of carbonyl (C=O) groups is 2. The Morgan fingerprint density at radius 2 is 1.54 bits per heavy atom. The number of amides is 2. The van der Waals surface area contributed by atoms with Crippen molar-refractivity contribution in [2.75, 3.05) is 32.8 Å². The zero-order valence-electron chi connectivity index (χ0n) is 14.4. The van der Waals surface area contributed by atoms with Gasteiger partial charge in [0.25, 0.3) is 11.8 Å². The monoisotopic (exact) mass is 372 g/mol. The average molecular weight is 373 g/mol. The van der Waals surface area contributed by atoms with Gasteiger partial charge in [0.05, 0.1) is 10.6 Å². The second kappa shape index (κ2) is 8.72. The molecule has 0 bridgehead atoms. The van der Waals surface area contributed by atoms with E-state index in [2.05, 4.69) is 0 Å².